The molecule has 1 unspecified atom stereocenters. The van der Waals surface area contributed by atoms with E-state index in [0.717, 1.165) is 32.7 Å². The van der Waals surface area contributed by atoms with Crippen molar-refractivity contribution in [3.63, 3.8) is 0 Å². The highest BCUT2D eigenvalue weighted by Crippen LogP contribution is 2.21. The van der Waals surface area contributed by atoms with Crippen LogP contribution in [0.3, 0.4) is 0 Å². The monoisotopic (exact) mass is 317 g/mol. The fourth-order valence-corrected chi connectivity index (χ4v) is 3.18. The van der Waals surface area contributed by atoms with E-state index in [-0.39, 0.29) is 11.9 Å². The number of likely N-dealkylation sites (N-methyl/N-ethyl adjacent to an activating group) is 1. The molecule has 2 rings (SSSR count). The third-order valence-corrected chi connectivity index (χ3v) is 4.57. The van der Waals surface area contributed by atoms with Crippen LogP contribution in [0.1, 0.15) is 38.8 Å². The molecule has 1 heterocycles. The van der Waals surface area contributed by atoms with Crippen LogP contribution < -0.4 is 5.32 Å². The number of hydrogen-bond donors (Lipinski definition) is 1. The molecule has 0 spiro atoms. The molecule has 0 radical (unpaired) electrons. The number of hydrogen-bond acceptors (Lipinski definition) is 3. The highest BCUT2D eigenvalue weighted by Gasteiger charge is 2.24. The van der Waals surface area contributed by atoms with Gasteiger partial charge in [-0.3, -0.25) is 9.69 Å². The molecule has 1 aromatic carbocycles. The van der Waals surface area contributed by atoms with Crippen LogP contribution in [-0.4, -0.2) is 55.0 Å². The number of rotatable bonds is 7. The van der Waals surface area contributed by atoms with Gasteiger partial charge in [0, 0.05) is 39.1 Å². The van der Waals surface area contributed by atoms with Gasteiger partial charge in [0.15, 0.2) is 0 Å². The van der Waals surface area contributed by atoms with Gasteiger partial charge in [0.05, 0.1) is 6.04 Å². The van der Waals surface area contributed by atoms with Crippen molar-refractivity contribution in [3.05, 3.63) is 35.9 Å². The molecule has 1 aliphatic rings. The second-order valence-electron chi connectivity index (χ2n) is 6.80. The van der Waals surface area contributed by atoms with Crippen molar-refractivity contribution in [2.24, 2.45) is 5.92 Å². The molecule has 1 N–H and O–H groups in total. The Labute approximate surface area is 140 Å². The summed E-state index contributed by atoms with van der Waals surface area (Å²) in [6.07, 6.45) is 0.602. The summed E-state index contributed by atoms with van der Waals surface area (Å²) >= 11 is 0. The van der Waals surface area contributed by atoms with Gasteiger partial charge in [0.2, 0.25) is 5.91 Å². The summed E-state index contributed by atoms with van der Waals surface area (Å²) in [6.45, 7) is 12.5. The van der Waals surface area contributed by atoms with Gasteiger partial charge in [0.25, 0.3) is 0 Å². The van der Waals surface area contributed by atoms with E-state index in [4.69, 9.17) is 0 Å². The number of carbonyl (C=O) groups excluding carboxylic acids is 1. The fraction of sp³-hybridized carbons (Fsp3) is 0.632. The molecule has 4 nitrogen and oxygen atoms in total. The third-order valence-electron chi connectivity index (χ3n) is 4.57. The summed E-state index contributed by atoms with van der Waals surface area (Å²) in [5, 5.41) is 3.14. The highest BCUT2D eigenvalue weighted by atomic mass is 16.1. The first-order valence-electron chi connectivity index (χ1n) is 8.88. The molecular formula is C19H31N3O. The largest absolute Gasteiger partial charge is 0.354 e. The molecule has 1 fully saturated rings. The van der Waals surface area contributed by atoms with Crippen molar-refractivity contribution >= 4 is 5.91 Å². The highest BCUT2D eigenvalue weighted by molar-refractivity contribution is 5.76. The van der Waals surface area contributed by atoms with Crippen molar-refractivity contribution in [3.8, 4) is 0 Å². The van der Waals surface area contributed by atoms with Crippen LogP contribution in [0.5, 0.6) is 0 Å². The Bertz CT molecular complexity index is 467. The normalized spacial score (nSPS) is 18.1. The van der Waals surface area contributed by atoms with Crippen molar-refractivity contribution in [2.75, 3.05) is 39.3 Å². The van der Waals surface area contributed by atoms with Crippen molar-refractivity contribution in [1.82, 2.24) is 15.1 Å². The van der Waals surface area contributed by atoms with E-state index in [1.807, 2.05) is 6.07 Å². The zero-order valence-corrected chi connectivity index (χ0v) is 14.8. The minimum Gasteiger partial charge on any atom is -0.354 e. The molecular weight excluding hydrogens is 286 g/mol. The van der Waals surface area contributed by atoms with E-state index in [2.05, 4.69) is 60.2 Å². The summed E-state index contributed by atoms with van der Waals surface area (Å²) in [5.41, 5.74) is 1.29. The molecule has 1 saturated heterocycles. The first kappa shape index (κ1) is 18.0. The van der Waals surface area contributed by atoms with Crippen LogP contribution >= 0.6 is 0 Å². The second kappa shape index (κ2) is 9.04. The van der Waals surface area contributed by atoms with Gasteiger partial charge in [0.1, 0.15) is 0 Å². The van der Waals surface area contributed by atoms with Gasteiger partial charge in [-0.2, -0.15) is 0 Å². The lowest BCUT2D eigenvalue weighted by Gasteiger charge is -2.39. The molecule has 1 aliphatic heterocycles. The smallest absolute Gasteiger partial charge is 0.220 e. The third kappa shape index (κ3) is 5.63. The zero-order valence-electron chi connectivity index (χ0n) is 14.8. The molecule has 0 saturated carbocycles. The van der Waals surface area contributed by atoms with Crippen LogP contribution in [0, 0.1) is 5.92 Å². The van der Waals surface area contributed by atoms with Crippen LogP contribution in [-0.2, 0) is 4.79 Å². The van der Waals surface area contributed by atoms with E-state index in [9.17, 15) is 4.79 Å². The van der Waals surface area contributed by atoms with Crippen molar-refractivity contribution in [1.29, 1.82) is 0 Å². The van der Waals surface area contributed by atoms with Crippen molar-refractivity contribution < 1.29 is 4.79 Å². The van der Waals surface area contributed by atoms with E-state index < -0.39 is 0 Å². The van der Waals surface area contributed by atoms with Crippen molar-refractivity contribution in [2.45, 2.75) is 33.2 Å². The Balaban J connectivity index is 2.00. The van der Waals surface area contributed by atoms with Crippen LogP contribution in [0.25, 0.3) is 0 Å². The number of carbonyl (C=O) groups is 1. The lowest BCUT2D eigenvalue weighted by atomic mass is 10.0. The maximum absolute atomic E-state index is 12.0. The predicted molar refractivity (Wildman–Crippen MR) is 95.3 cm³/mol. The molecule has 4 heteroatoms. The zero-order chi connectivity index (χ0) is 16.7. The quantitative estimate of drug-likeness (QED) is 0.839. The molecule has 1 aromatic rings. The van der Waals surface area contributed by atoms with Gasteiger partial charge >= 0.3 is 0 Å². The van der Waals surface area contributed by atoms with E-state index in [1.54, 1.807) is 0 Å². The van der Waals surface area contributed by atoms with Gasteiger partial charge in [-0.05, 0) is 18.0 Å². The Morgan fingerprint density at radius 3 is 2.35 bits per heavy atom. The molecule has 23 heavy (non-hydrogen) atoms. The molecule has 128 valence electrons. The number of nitrogens with zero attached hydrogens (tertiary/aromatic N) is 2. The maximum Gasteiger partial charge on any atom is 0.220 e. The van der Waals surface area contributed by atoms with E-state index >= 15 is 0 Å². The van der Waals surface area contributed by atoms with Crippen LogP contribution in [0.2, 0.25) is 0 Å². The number of amides is 1. The molecule has 1 atom stereocenters. The van der Waals surface area contributed by atoms with Gasteiger partial charge in [-0.25, -0.2) is 0 Å². The standard InChI is InChI=1S/C19H31N3O/c1-4-21-10-12-22(13-11-21)18(17-8-6-5-7-9-17)15-20-19(23)14-16(2)3/h5-9,16,18H,4,10-15H2,1-3H3,(H,20,23). The summed E-state index contributed by atoms with van der Waals surface area (Å²) in [6, 6.07) is 10.8. The van der Waals surface area contributed by atoms with E-state index in [0.29, 0.717) is 18.9 Å². The second-order valence-corrected chi connectivity index (χ2v) is 6.80. The van der Waals surface area contributed by atoms with Crippen LogP contribution in [0.15, 0.2) is 30.3 Å². The first-order valence-corrected chi connectivity index (χ1v) is 8.88. The Morgan fingerprint density at radius 1 is 1.13 bits per heavy atom. The first-order chi connectivity index (χ1) is 11.1. The summed E-state index contributed by atoms with van der Waals surface area (Å²) in [7, 11) is 0. The number of nitrogens with one attached hydrogen (secondary N) is 1. The van der Waals surface area contributed by atoms with Gasteiger partial charge in [-0.15, -0.1) is 0 Å². The maximum atomic E-state index is 12.0. The van der Waals surface area contributed by atoms with Gasteiger partial charge in [-0.1, -0.05) is 51.1 Å². The SMILES string of the molecule is CCN1CCN(C(CNC(=O)CC(C)C)c2ccccc2)CC1. The lowest BCUT2D eigenvalue weighted by molar-refractivity contribution is -0.122. The van der Waals surface area contributed by atoms with Gasteiger partial charge < -0.3 is 10.2 Å². The topological polar surface area (TPSA) is 35.6 Å². The Hall–Kier alpha value is -1.39. The summed E-state index contributed by atoms with van der Waals surface area (Å²) in [5.74, 6) is 0.561. The average molecular weight is 317 g/mol. The average Bonchev–Trinajstić information content (AvgIpc) is 2.56. The fourth-order valence-electron chi connectivity index (χ4n) is 3.18. The Kier molecular flexibility index (Phi) is 7.06. The number of piperazine rings is 1. The summed E-state index contributed by atoms with van der Waals surface area (Å²) < 4.78 is 0. The minimum atomic E-state index is 0.160. The summed E-state index contributed by atoms with van der Waals surface area (Å²) in [4.78, 5) is 17.0. The molecule has 0 aliphatic carbocycles. The molecule has 0 aromatic heterocycles. The molecule has 1 amide bonds. The van der Waals surface area contributed by atoms with E-state index in [1.165, 1.54) is 5.56 Å². The Morgan fingerprint density at radius 2 is 1.78 bits per heavy atom. The molecule has 0 bridgehead atoms. The van der Waals surface area contributed by atoms with Crippen LogP contribution in [0.4, 0.5) is 0 Å². The number of benzene rings is 1. The minimum absolute atomic E-state index is 0.160. The lowest BCUT2D eigenvalue weighted by Crippen LogP contribution is -2.49. The predicted octanol–water partition coefficient (Wildman–Crippen LogP) is 2.53.